The highest BCUT2D eigenvalue weighted by atomic mass is 35.7. The minimum absolute atomic E-state index is 0.0108. The van der Waals surface area contributed by atoms with Crippen molar-refractivity contribution >= 4 is 97.7 Å². The summed E-state index contributed by atoms with van der Waals surface area (Å²) in [7, 11) is 7.79. The molecule has 0 radical (unpaired) electrons. The molecule has 0 atom stereocenters. The number of ketones is 5. The number of allylic oxidation sites excluding steroid dienone is 20. The van der Waals surface area contributed by atoms with Crippen LogP contribution >= 0.6 is 0 Å². The second-order valence-corrected chi connectivity index (χ2v) is 30.1. The van der Waals surface area contributed by atoms with E-state index in [4.69, 9.17) is 40.4 Å². The van der Waals surface area contributed by atoms with Crippen molar-refractivity contribution in [3.05, 3.63) is 363 Å². The van der Waals surface area contributed by atoms with E-state index in [-0.39, 0.29) is 62.9 Å². The molecule has 7 heterocycles. The van der Waals surface area contributed by atoms with Gasteiger partial charge >= 0.3 is 5.82 Å². The number of aryl methyl sites for hydroxylation is 1. The van der Waals surface area contributed by atoms with Crippen LogP contribution in [0.3, 0.4) is 0 Å². The molecular formula is C92H99ClN28O17. The van der Waals surface area contributed by atoms with Crippen LogP contribution in [-0.2, 0) is 28.8 Å². The Kier molecular flexibility index (Phi) is 40.4. The van der Waals surface area contributed by atoms with Crippen LogP contribution in [0.5, 0.6) is 0 Å². The summed E-state index contributed by atoms with van der Waals surface area (Å²) in [6.07, 6.45) is 34.5. The first-order valence-electron chi connectivity index (χ1n) is 40.6. The lowest BCUT2D eigenvalue weighted by Crippen LogP contribution is -2.68. The number of nitrogens with two attached hydrogens (primary N) is 2. The fourth-order valence-electron chi connectivity index (χ4n) is 10.8. The predicted octanol–water partition coefficient (Wildman–Crippen LogP) is 2.76. The number of hydrogen-bond acceptors (Lipinski definition) is 37. The van der Waals surface area contributed by atoms with Gasteiger partial charge in [0.2, 0.25) is 11.7 Å². The molecule has 0 spiro atoms. The zero-order valence-corrected chi connectivity index (χ0v) is 77.7. The van der Waals surface area contributed by atoms with Crippen LogP contribution in [0.2, 0.25) is 0 Å². The van der Waals surface area contributed by atoms with E-state index < -0.39 is 10.2 Å². The van der Waals surface area contributed by atoms with Crippen molar-refractivity contribution in [2.45, 2.75) is 48.5 Å². The SMILES string of the molecule is CC(=O)NC1=CC(=O)C(C)=CC1=NN=c1ccccn1O.CC1=CC(=NN=c2ccccn2O)C(C)=CC1=O.CC1=CC(=NN=c2ccccn2O)C=C(C)C1=O.CN(C)C1=CC(=N)C(=NN=c2ccccn2O)C=C1.CN(C)C1=CC(=O)C(=NN=c2ccccn2O)C=C1.CN(C)C1=CC(=O)C=CC1=NN=c1ccccn1O.CO[n+]1ccccc1N=Nc1cc(C)c(N)cc1N.[O-][Cl+3]([O-])([O-])[O-]. The van der Waals surface area contributed by atoms with Crippen LogP contribution in [0.25, 0.3) is 0 Å². The minimum atomic E-state index is -4.94. The lowest BCUT2D eigenvalue weighted by atomic mass is 9.98. The fourth-order valence-corrected chi connectivity index (χ4v) is 10.8. The number of nitrogens with zero attached hydrogens (tertiary/aromatic N) is 24. The normalized spacial score (nSPS) is 16.6. The van der Waals surface area contributed by atoms with E-state index >= 15 is 0 Å². The number of aromatic nitrogens is 7. The minimum Gasteiger partial charge on any atom is -0.427 e. The van der Waals surface area contributed by atoms with Crippen LogP contribution in [-0.4, -0.2) is 199 Å². The van der Waals surface area contributed by atoms with Crippen molar-refractivity contribution < 1.29 is 98.5 Å². The Labute approximate surface area is 790 Å². The number of azo groups is 1. The van der Waals surface area contributed by atoms with Gasteiger partial charge in [0.1, 0.15) is 41.8 Å². The molecule has 0 aliphatic heterocycles. The summed E-state index contributed by atoms with van der Waals surface area (Å²) >= 11 is 0. The van der Waals surface area contributed by atoms with E-state index in [0.717, 1.165) is 50.9 Å². The third kappa shape index (κ3) is 34.8. The average Bonchev–Trinajstić information content (AvgIpc) is 0.831. The monoisotopic (exact) mass is 1900 g/mol. The smallest absolute Gasteiger partial charge is 0.388 e. The number of amides is 1. The van der Waals surface area contributed by atoms with Crippen molar-refractivity contribution in [1.82, 2.24) is 48.4 Å². The Hall–Kier alpha value is -18.2. The quantitative estimate of drug-likeness (QED) is 0.0151. The van der Waals surface area contributed by atoms with E-state index in [2.05, 4.69) is 76.8 Å². The Balaban J connectivity index is 0.000000217. The van der Waals surface area contributed by atoms with E-state index in [9.17, 15) is 60.0 Å². The summed E-state index contributed by atoms with van der Waals surface area (Å²) in [5.41, 5.74) is 24.9. The van der Waals surface area contributed by atoms with E-state index in [0.29, 0.717) is 101 Å². The summed E-state index contributed by atoms with van der Waals surface area (Å²) in [5, 5.41) is 123. The van der Waals surface area contributed by atoms with E-state index in [1.807, 2.05) is 77.2 Å². The maximum atomic E-state index is 11.8. The lowest BCUT2D eigenvalue weighted by molar-refractivity contribution is -2.00. The second-order valence-electron chi connectivity index (χ2n) is 29.3. The van der Waals surface area contributed by atoms with Gasteiger partial charge in [0.15, 0.2) is 56.1 Å². The van der Waals surface area contributed by atoms with Gasteiger partial charge in [-0.3, -0.25) is 34.2 Å². The highest BCUT2D eigenvalue weighted by Gasteiger charge is 2.21. The first-order valence-corrected chi connectivity index (χ1v) is 41.8. The van der Waals surface area contributed by atoms with Crippen molar-refractivity contribution in [3.8, 4) is 0 Å². The van der Waals surface area contributed by atoms with Gasteiger partial charge in [-0.05, 0) is 255 Å². The van der Waals surface area contributed by atoms with Crippen molar-refractivity contribution in [1.29, 1.82) is 5.41 Å². The molecule has 0 saturated carbocycles. The standard InChI is InChI=1S/C14H14N4O3.2C13H15N5O.2C13H14N4O2.2C13H13N3O2.ClHO4/c1-9-7-12(11(8-13(9)20)15-10(2)19)16-17-14-5-3-4-6-18(14)21;1-17(2)10-6-7-12(11(14)9-10)15-16-13-5-3-4-8-18(13)19;1-9-7-12(11(15)8-10(9)14)16-17-13-5-3-4-6-18(13)19-2;1-16(2)12-9-10(18)6-7-11(12)14-15-13-5-3-4-8-17(13)19;1-16(2)10-6-7-11(12(18)9-10)14-15-13-5-3-4-8-17(13)19;1-9-8-12(17)10(2)7-11(9)14-15-13-5-3-4-6-16(13)18;1-9-7-11(8-10(2)13(9)17)14-15-12-5-3-4-6-16(12)18;2-1(3,4)5/h3-8,21H,1-2H3,(H,15,19);3-9,14,19H,1-2H3;3-8H,1-2H3,(H3,14,15);2*3-9,19H,1-2H3;2*3-8,18H,1-2H3;(H,2,3,4,5). The number of carbonyl (C=O) groups is 6. The molecule has 1 aromatic carbocycles. The first-order chi connectivity index (χ1) is 65.5. The molecule has 0 fully saturated rings. The van der Waals surface area contributed by atoms with Gasteiger partial charge in [0.25, 0.3) is 0 Å². The summed E-state index contributed by atoms with van der Waals surface area (Å²) < 4.78 is 40.6. The molecule has 12 N–H and O–H groups in total. The molecule has 138 heavy (non-hydrogen) atoms. The van der Waals surface area contributed by atoms with Crippen LogP contribution in [0.1, 0.15) is 47.1 Å². The molecule has 0 unspecified atom stereocenters. The van der Waals surface area contributed by atoms with Crippen LogP contribution < -0.4 is 77.9 Å². The van der Waals surface area contributed by atoms with Crippen molar-refractivity contribution in [2.75, 3.05) is 60.9 Å². The number of rotatable bonds is 13. The average molecular weight is 1900 g/mol. The molecule has 6 aliphatic carbocycles. The van der Waals surface area contributed by atoms with Crippen molar-refractivity contribution in [2.24, 2.45) is 71.4 Å². The molecule has 6 aliphatic rings. The molecule has 716 valence electrons. The molecule has 0 saturated heterocycles. The van der Waals surface area contributed by atoms with Gasteiger partial charge in [-0.1, -0.05) is 36.4 Å². The maximum Gasteiger partial charge on any atom is 0.388 e. The number of anilines is 2. The molecule has 14 rings (SSSR count). The number of nitrogen functional groups attached to an aromatic ring is 2. The predicted molar refractivity (Wildman–Crippen MR) is 497 cm³/mol. The zero-order valence-electron chi connectivity index (χ0n) is 76.9. The van der Waals surface area contributed by atoms with Gasteiger partial charge in [0, 0.05) is 128 Å². The molecular weight excluding hydrogens is 1800 g/mol. The Morgan fingerprint density at radius 2 is 0.804 bits per heavy atom. The fraction of sp³-hybridized carbons (Fsp3) is 0.152. The van der Waals surface area contributed by atoms with E-state index in [1.54, 1.807) is 229 Å². The maximum absolute atomic E-state index is 11.8. The number of carbonyl (C=O) groups excluding carboxylic acids is 6. The number of pyridine rings is 7. The molecule has 7 aromatic heterocycles. The number of Topliss-reactive ketones (excluding diaryl/α,β-unsaturated/α-hetero) is 1. The molecule has 46 heteroatoms. The summed E-state index contributed by atoms with van der Waals surface area (Å²) in [4.78, 5) is 79.5. The summed E-state index contributed by atoms with van der Waals surface area (Å²) in [6.45, 7) is 11.9. The highest BCUT2D eigenvalue weighted by molar-refractivity contribution is 6.50. The lowest BCUT2D eigenvalue weighted by Gasteiger charge is -2.18. The number of halogens is 1. The Morgan fingerprint density at radius 1 is 0.413 bits per heavy atom. The topological polar surface area (TPSA) is 629 Å². The van der Waals surface area contributed by atoms with Crippen LogP contribution in [0.4, 0.5) is 22.9 Å². The summed E-state index contributed by atoms with van der Waals surface area (Å²) in [5.74, 6) is -0.232. The molecule has 45 nitrogen and oxygen atoms in total. The van der Waals surface area contributed by atoms with Gasteiger partial charge in [-0.25, -0.2) is 18.6 Å². The first kappa shape index (κ1) is 107. The highest BCUT2D eigenvalue weighted by Crippen LogP contribution is 2.29. The summed E-state index contributed by atoms with van der Waals surface area (Å²) in [6, 6.07) is 39.0. The molecule has 1 amide bonds. The second kappa shape index (κ2) is 52.1. The van der Waals surface area contributed by atoms with Crippen LogP contribution in [0.15, 0.2) is 396 Å². The Bertz CT molecular complexity index is 6910. The van der Waals surface area contributed by atoms with E-state index in [1.165, 1.54) is 85.3 Å². The number of likely N-dealkylation sites (N-methyl/N-ethyl adjacent to an activating group) is 2. The third-order valence-electron chi connectivity index (χ3n) is 18.1. The zero-order chi connectivity index (χ0) is 101. The molecule has 0 bridgehead atoms. The van der Waals surface area contributed by atoms with Gasteiger partial charge < -0.3 is 67.6 Å². The number of nitrogens with one attached hydrogen (secondary N) is 2. The third-order valence-corrected chi connectivity index (χ3v) is 18.1. The van der Waals surface area contributed by atoms with Crippen LogP contribution in [0, 0.1) is 22.6 Å². The number of hydrogen-bond donors (Lipinski definition) is 10. The Morgan fingerprint density at radius 3 is 1.22 bits per heavy atom. The van der Waals surface area contributed by atoms with Gasteiger partial charge in [-0.15, -0.1) is 71.5 Å². The van der Waals surface area contributed by atoms with Gasteiger partial charge in [0.05, 0.1) is 39.3 Å². The largest absolute Gasteiger partial charge is 0.427 e. The van der Waals surface area contributed by atoms with Crippen molar-refractivity contribution in [3.63, 3.8) is 0 Å². The molecule has 8 aromatic rings. The van der Waals surface area contributed by atoms with Gasteiger partial charge in [-0.2, -0.15) is 28.4 Å². The number of benzene rings is 1.